The Morgan fingerprint density at radius 1 is 1.19 bits per heavy atom. The largest absolute Gasteiger partial charge is 0.508 e. The molecule has 2 heterocycles. The third-order valence-electron chi connectivity index (χ3n) is 6.16. The molecule has 3 atom stereocenters. The smallest absolute Gasteiger partial charge is 0.321 e. The van der Waals surface area contributed by atoms with Gasteiger partial charge < -0.3 is 35.8 Å². The van der Waals surface area contributed by atoms with Crippen molar-refractivity contribution in [3.63, 3.8) is 0 Å². The zero-order chi connectivity index (χ0) is 26.1. The van der Waals surface area contributed by atoms with Crippen molar-refractivity contribution in [2.75, 3.05) is 0 Å². The molecule has 12 heteroatoms. The summed E-state index contributed by atoms with van der Waals surface area (Å²) in [5, 5.41) is 53.6. The van der Waals surface area contributed by atoms with Crippen molar-refractivity contribution in [1.82, 2.24) is 14.9 Å². The van der Waals surface area contributed by atoms with Crippen molar-refractivity contribution in [3.8, 4) is 17.2 Å². The minimum atomic E-state index is -1.16. The second-order valence-corrected chi connectivity index (χ2v) is 9.68. The molecule has 0 saturated carbocycles. The summed E-state index contributed by atoms with van der Waals surface area (Å²) in [6, 6.07) is 4.94. The summed E-state index contributed by atoms with van der Waals surface area (Å²) in [5.74, 6) is -2.57. The van der Waals surface area contributed by atoms with Crippen LogP contribution in [0, 0.1) is 0 Å². The third kappa shape index (κ3) is 5.10. The first-order valence-corrected chi connectivity index (χ1v) is 11.9. The number of nitrogens with zero attached hydrogens (tertiary/aromatic N) is 2. The Labute approximate surface area is 210 Å². The van der Waals surface area contributed by atoms with Gasteiger partial charge in [0.25, 0.3) is 0 Å². The van der Waals surface area contributed by atoms with Crippen LogP contribution in [-0.4, -0.2) is 59.1 Å². The first-order chi connectivity index (χ1) is 17.0. The Bertz CT molecular complexity index is 1310. The number of aromatic hydroxyl groups is 3. The van der Waals surface area contributed by atoms with Crippen LogP contribution in [0.15, 0.2) is 46.6 Å². The van der Waals surface area contributed by atoms with E-state index in [1.54, 1.807) is 23.7 Å². The zero-order valence-corrected chi connectivity index (χ0v) is 20.1. The normalized spacial score (nSPS) is 17.9. The van der Waals surface area contributed by atoms with Crippen molar-refractivity contribution in [3.05, 3.63) is 59.0 Å². The van der Waals surface area contributed by atoms with Crippen LogP contribution in [0.5, 0.6) is 17.2 Å². The molecule has 190 valence electrons. The maximum atomic E-state index is 12.0. The number of rotatable bonds is 8. The van der Waals surface area contributed by atoms with E-state index in [-0.39, 0.29) is 30.1 Å². The predicted molar refractivity (Wildman–Crippen MR) is 129 cm³/mol. The lowest BCUT2D eigenvalue weighted by Crippen LogP contribution is -2.45. The Morgan fingerprint density at radius 2 is 1.89 bits per heavy atom. The number of aryl methyl sites for hydroxylation is 1. The number of imidazole rings is 1. The van der Waals surface area contributed by atoms with Gasteiger partial charge in [-0.25, -0.2) is 4.98 Å². The maximum Gasteiger partial charge on any atom is 0.321 e. The molecule has 0 aliphatic carbocycles. The topological polar surface area (TPSA) is 191 Å². The van der Waals surface area contributed by atoms with E-state index in [9.17, 15) is 35.1 Å². The highest BCUT2D eigenvalue weighted by Gasteiger charge is 2.36. The number of aromatic nitrogens is 2. The fraction of sp³-hybridized carbons (Fsp3) is 0.292. The molecular formula is C24H26N4O7S. The highest BCUT2D eigenvalue weighted by molar-refractivity contribution is 7.99. The van der Waals surface area contributed by atoms with Crippen LogP contribution in [-0.2, 0) is 35.9 Å². The van der Waals surface area contributed by atoms with E-state index in [1.807, 2.05) is 0 Å². The standard InChI is InChI=1S/C24H26N4O7S/c1-28-10-26-22(17(28)8-14(25)23(32)33)36-21-13-7-16(24(34)35)27-15(20(13)18(30)9-19(21)31)6-11-2-4-12(29)5-3-11/h2-5,9-10,14-16,27,29-31H,6-8,25H2,1H3,(H,32,33)(H,34,35)/t14-,15+,16?/m0/s1. The number of nitrogens with two attached hydrogens (primary N) is 1. The number of phenolic OH excluding ortho intramolecular Hbond substituents is 3. The fourth-order valence-corrected chi connectivity index (χ4v) is 5.45. The van der Waals surface area contributed by atoms with Gasteiger partial charge in [0, 0.05) is 37.6 Å². The molecule has 0 spiro atoms. The molecule has 8 N–H and O–H groups in total. The first kappa shape index (κ1) is 25.4. The van der Waals surface area contributed by atoms with Crippen LogP contribution in [0.25, 0.3) is 0 Å². The van der Waals surface area contributed by atoms with Crippen molar-refractivity contribution in [2.24, 2.45) is 12.8 Å². The third-order valence-corrected chi connectivity index (χ3v) is 7.36. The quantitative estimate of drug-likeness (QED) is 0.231. The van der Waals surface area contributed by atoms with Gasteiger partial charge in [0.2, 0.25) is 0 Å². The Hall–Kier alpha value is -3.74. The summed E-state index contributed by atoms with van der Waals surface area (Å²) in [4.78, 5) is 27.9. The molecule has 2 aromatic carbocycles. The van der Waals surface area contributed by atoms with Crippen LogP contribution in [0.3, 0.4) is 0 Å². The predicted octanol–water partition coefficient (Wildman–Crippen LogP) is 1.53. The molecule has 1 unspecified atom stereocenters. The van der Waals surface area contributed by atoms with E-state index in [1.165, 1.54) is 24.5 Å². The van der Waals surface area contributed by atoms with Crippen LogP contribution >= 0.6 is 11.8 Å². The Morgan fingerprint density at radius 3 is 2.53 bits per heavy atom. The number of fused-ring (bicyclic) bond motifs is 1. The molecule has 4 rings (SSSR count). The highest BCUT2D eigenvalue weighted by Crippen LogP contribution is 2.47. The van der Waals surface area contributed by atoms with Gasteiger partial charge in [-0.3, -0.25) is 14.9 Å². The minimum Gasteiger partial charge on any atom is -0.508 e. The van der Waals surface area contributed by atoms with E-state index in [0.29, 0.717) is 33.2 Å². The van der Waals surface area contributed by atoms with Gasteiger partial charge in [0.05, 0.1) is 16.9 Å². The second kappa shape index (κ2) is 10.1. The molecule has 1 aromatic heterocycles. The monoisotopic (exact) mass is 514 g/mol. The van der Waals surface area contributed by atoms with Gasteiger partial charge in [0.1, 0.15) is 34.4 Å². The molecule has 0 fully saturated rings. The first-order valence-electron chi connectivity index (χ1n) is 11.1. The second-order valence-electron chi connectivity index (χ2n) is 8.68. The zero-order valence-electron chi connectivity index (χ0n) is 19.3. The summed E-state index contributed by atoms with van der Waals surface area (Å²) >= 11 is 1.07. The lowest BCUT2D eigenvalue weighted by atomic mass is 9.86. The van der Waals surface area contributed by atoms with Crippen LogP contribution in [0.1, 0.15) is 28.4 Å². The van der Waals surface area contributed by atoms with Crippen LogP contribution in [0.4, 0.5) is 0 Å². The lowest BCUT2D eigenvalue weighted by Gasteiger charge is -2.33. The summed E-state index contributed by atoms with van der Waals surface area (Å²) in [6.45, 7) is 0. The van der Waals surface area contributed by atoms with Crippen LogP contribution in [0.2, 0.25) is 0 Å². The van der Waals surface area contributed by atoms with Gasteiger partial charge in [-0.1, -0.05) is 23.9 Å². The number of benzene rings is 2. The average Bonchev–Trinajstić information content (AvgIpc) is 3.16. The number of carbonyl (C=O) groups is 2. The number of carboxylic acid groups (broad SMARTS) is 2. The van der Waals surface area contributed by atoms with Crippen molar-refractivity contribution >= 4 is 23.7 Å². The van der Waals surface area contributed by atoms with E-state index < -0.39 is 30.1 Å². The molecule has 3 aromatic rings. The molecule has 1 aliphatic rings. The summed E-state index contributed by atoms with van der Waals surface area (Å²) < 4.78 is 1.64. The Kier molecular flexibility index (Phi) is 7.11. The summed E-state index contributed by atoms with van der Waals surface area (Å²) in [5.41, 5.74) is 8.00. The van der Waals surface area contributed by atoms with E-state index in [4.69, 9.17) is 5.73 Å². The molecule has 0 radical (unpaired) electrons. The number of nitrogens with one attached hydrogen (secondary N) is 1. The molecule has 11 nitrogen and oxygen atoms in total. The van der Waals surface area contributed by atoms with Crippen molar-refractivity contribution in [2.45, 2.75) is 47.3 Å². The molecule has 0 bridgehead atoms. The lowest BCUT2D eigenvalue weighted by molar-refractivity contribution is -0.140. The average molecular weight is 515 g/mol. The van der Waals surface area contributed by atoms with Gasteiger partial charge in [0.15, 0.2) is 0 Å². The molecule has 1 aliphatic heterocycles. The summed E-state index contributed by atoms with van der Waals surface area (Å²) in [7, 11) is 1.70. The number of aliphatic carboxylic acids is 2. The van der Waals surface area contributed by atoms with Gasteiger partial charge in [-0.15, -0.1) is 0 Å². The SMILES string of the molecule is Cn1cnc(Sc2c(O)cc(O)c3c2CC(C(=O)O)N[C@@H]3Cc2ccc(O)cc2)c1C[C@H](N)C(=O)O. The Balaban J connectivity index is 1.77. The number of carboxylic acids is 2. The summed E-state index contributed by atoms with van der Waals surface area (Å²) in [6.07, 6.45) is 1.82. The number of hydrogen-bond acceptors (Lipinski definition) is 9. The molecular weight excluding hydrogens is 488 g/mol. The van der Waals surface area contributed by atoms with Gasteiger partial charge >= 0.3 is 11.9 Å². The van der Waals surface area contributed by atoms with Crippen molar-refractivity contribution in [1.29, 1.82) is 0 Å². The molecule has 0 amide bonds. The molecule has 36 heavy (non-hydrogen) atoms. The van der Waals surface area contributed by atoms with E-state index in [2.05, 4.69) is 10.3 Å². The maximum absolute atomic E-state index is 12.0. The van der Waals surface area contributed by atoms with Crippen LogP contribution < -0.4 is 11.1 Å². The molecule has 0 saturated heterocycles. The van der Waals surface area contributed by atoms with E-state index >= 15 is 0 Å². The van der Waals surface area contributed by atoms with E-state index in [0.717, 1.165) is 17.3 Å². The highest BCUT2D eigenvalue weighted by atomic mass is 32.2. The fourth-order valence-electron chi connectivity index (χ4n) is 4.33. The van der Waals surface area contributed by atoms with Crippen molar-refractivity contribution < 1.29 is 35.1 Å². The minimum absolute atomic E-state index is 0.00200. The van der Waals surface area contributed by atoms with Gasteiger partial charge in [-0.2, -0.15) is 0 Å². The number of phenols is 3. The number of hydrogen-bond donors (Lipinski definition) is 7. The van der Waals surface area contributed by atoms with Gasteiger partial charge in [-0.05, 0) is 29.7 Å².